The average Bonchev–Trinajstić information content (AvgIpc) is 2.76. The minimum atomic E-state index is -0.237. The van der Waals surface area contributed by atoms with Crippen molar-refractivity contribution in [2.75, 3.05) is 18.0 Å². The van der Waals surface area contributed by atoms with Gasteiger partial charge < -0.3 is 10.0 Å². The molecule has 84 valence electrons. The van der Waals surface area contributed by atoms with E-state index < -0.39 is 0 Å². The fourth-order valence-corrected chi connectivity index (χ4v) is 2.23. The summed E-state index contributed by atoms with van der Waals surface area (Å²) < 4.78 is 1.81. The zero-order valence-electron chi connectivity index (χ0n) is 8.95. The second-order valence-electron chi connectivity index (χ2n) is 4.15. The summed E-state index contributed by atoms with van der Waals surface area (Å²) in [5, 5.41) is 13.9. The number of piperidine rings is 1. The van der Waals surface area contributed by atoms with Crippen LogP contribution in [0.25, 0.3) is 5.52 Å². The molecule has 1 unspecified atom stereocenters. The first-order chi connectivity index (χ1) is 7.84. The number of aliphatic hydroxyl groups is 1. The van der Waals surface area contributed by atoms with Crippen LogP contribution in [0.15, 0.2) is 24.7 Å². The van der Waals surface area contributed by atoms with Crippen molar-refractivity contribution < 1.29 is 5.11 Å². The molecule has 5 heteroatoms. The molecule has 16 heavy (non-hydrogen) atoms. The molecule has 0 spiro atoms. The predicted octanol–water partition coefficient (Wildman–Crippen LogP) is 0.690. The Bertz CT molecular complexity index is 495. The number of β-amino-alcohol motifs (C(OH)–C–C–N with tert-alkyl or cyclic N) is 1. The number of rotatable bonds is 1. The van der Waals surface area contributed by atoms with Gasteiger partial charge in [0, 0.05) is 25.5 Å². The van der Waals surface area contributed by atoms with Crippen molar-refractivity contribution >= 4 is 11.3 Å². The van der Waals surface area contributed by atoms with Gasteiger partial charge in [-0.15, -0.1) is 0 Å². The standard InChI is InChI=1S/C11H14N4O/c16-9-2-1-6-14(8-9)11-10-3-4-13-15(10)7-5-12-11/h3-5,7,9,16H,1-2,6,8H2. The molecule has 1 fully saturated rings. The molecule has 2 aromatic heterocycles. The molecule has 5 nitrogen and oxygen atoms in total. The van der Waals surface area contributed by atoms with Gasteiger partial charge in [0.15, 0.2) is 5.82 Å². The lowest BCUT2D eigenvalue weighted by Gasteiger charge is -2.31. The Morgan fingerprint density at radius 3 is 3.19 bits per heavy atom. The van der Waals surface area contributed by atoms with E-state index >= 15 is 0 Å². The SMILES string of the molecule is OC1CCCN(c2nccn3nccc23)C1. The number of hydrogen-bond donors (Lipinski definition) is 1. The highest BCUT2D eigenvalue weighted by atomic mass is 16.3. The van der Waals surface area contributed by atoms with Crippen LogP contribution in [0.5, 0.6) is 0 Å². The molecule has 0 aromatic carbocycles. The molecule has 2 aromatic rings. The first kappa shape index (κ1) is 9.59. The summed E-state index contributed by atoms with van der Waals surface area (Å²) in [7, 11) is 0. The molecular formula is C11H14N4O. The lowest BCUT2D eigenvalue weighted by Crippen LogP contribution is -2.38. The van der Waals surface area contributed by atoms with E-state index in [1.165, 1.54) is 0 Å². The van der Waals surface area contributed by atoms with Crippen molar-refractivity contribution in [3.8, 4) is 0 Å². The van der Waals surface area contributed by atoms with Crippen LogP contribution in [0.1, 0.15) is 12.8 Å². The Morgan fingerprint density at radius 2 is 2.31 bits per heavy atom. The normalized spacial score (nSPS) is 21.6. The van der Waals surface area contributed by atoms with E-state index in [-0.39, 0.29) is 6.10 Å². The fraction of sp³-hybridized carbons (Fsp3) is 0.455. The molecule has 0 bridgehead atoms. The number of anilines is 1. The molecule has 0 saturated carbocycles. The van der Waals surface area contributed by atoms with Crippen molar-refractivity contribution in [2.24, 2.45) is 0 Å². The van der Waals surface area contributed by atoms with Gasteiger partial charge in [0.1, 0.15) is 5.52 Å². The topological polar surface area (TPSA) is 53.7 Å². The molecule has 1 N–H and O–H groups in total. The van der Waals surface area contributed by atoms with Crippen molar-refractivity contribution in [3.05, 3.63) is 24.7 Å². The zero-order chi connectivity index (χ0) is 11.0. The minimum Gasteiger partial charge on any atom is -0.391 e. The van der Waals surface area contributed by atoms with Gasteiger partial charge in [-0.2, -0.15) is 5.10 Å². The highest BCUT2D eigenvalue weighted by molar-refractivity contribution is 5.68. The van der Waals surface area contributed by atoms with E-state index in [1.54, 1.807) is 12.4 Å². The molecule has 3 rings (SSSR count). The maximum absolute atomic E-state index is 9.67. The molecule has 0 amide bonds. The van der Waals surface area contributed by atoms with Gasteiger partial charge in [-0.25, -0.2) is 9.50 Å². The summed E-state index contributed by atoms with van der Waals surface area (Å²) in [6, 6.07) is 1.95. The monoisotopic (exact) mass is 218 g/mol. The van der Waals surface area contributed by atoms with Crippen molar-refractivity contribution in [2.45, 2.75) is 18.9 Å². The first-order valence-corrected chi connectivity index (χ1v) is 5.56. The quantitative estimate of drug-likeness (QED) is 0.765. The Labute approximate surface area is 93.3 Å². The Morgan fingerprint density at radius 1 is 1.38 bits per heavy atom. The third-order valence-electron chi connectivity index (χ3n) is 3.00. The van der Waals surface area contributed by atoms with E-state index in [4.69, 9.17) is 0 Å². The predicted molar refractivity (Wildman–Crippen MR) is 60.4 cm³/mol. The third-order valence-corrected chi connectivity index (χ3v) is 3.00. The number of aliphatic hydroxyl groups excluding tert-OH is 1. The van der Waals surface area contributed by atoms with Crippen molar-refractivity contribution in [1.82, 2.24) is 14.6 Å². The maximum atomic E-state index is 9.67. The average molecular weight is 218 g/mol. The highest BCUT2D eigenvalue weighted by Crippen LogP contribution is 2.22. The number of nitrogens with zero attached hydrogens (tertiary/aromatic N) is 4. The van der Waals surface area contributed by atoms with E-state index in [9.17, 15) is 5.11 Å². The van der Waals surface area contributed by atoms with Crippen LogP contribution in [0.2, 0.25) is 0 Å². The second-order valence-corrected chi connectivity index (χ2v) is 4.15. The van der Waals surface area contributed by atoms with Gasteiger partial charge in [0.2, 0.25) is 0 Å². The lowest BCUT2D eigenvalue weighted by molar-refractivity contribution is 0.154. The van der Waals surface area contributed by atoms with Gasteiger partial charge in [-0.1, -0.05) is 0 Å². The summed E-state index contributed by atoms with van der Waals surface area (Å²) in [6.45, 7) is 1.62. The highest BCUT2D eigenvalue weighted by Gasteiger charge is 2.20. The lowest BCUT2D eigenvalue weighted by atomic mass is 10.1. The Kier molecular flexibility index (Phi) is 2.25. The second kappa shape index (κ2) is 3.75. The molecule has 3 heterocycles. The minimum absolute atomic E-state index is 0.237. The molecule has 0 radical (unpaired) electrons. The summed E-state index contributed by atoms with van der Waals surface area (Å²) in [6.07, 6.45) is 7.01. The molecule has 0 aliphatic carbocycles. The van der Waals surface area contributed by atoms with E-state index in [1.807, 2.05) is 16.8 Å². The van der Waals surface area contributed by atoms with Gasteiger partial charge in [0.05, 0.1) is 12.3 Å². The summed E-state index contributed by atoms with van der Waals surface area (Å²) in [5.41, 5.74) is 0.997. The van der Waals surface area contributed by atoms with E-state index in [0.29, 0.717) is 6.54 Å². The smallest absolute Gasteiger partial charge is 0.154 e. The van der Waals surface area contributed by atoms with Crippen LogP contribution in [0, 0.1) is 0 Å². The van der Waals surface area contributed by atoms with Crippen LogP contribution in [0.3, 0.4) is 0 Å². The van der Waals surface area contributed by atoms with Crippen LogP contribution >= 0.6 is 0 Å². The summed E-state index contributed by atoms with van der Waals surface area (Å²) in [4.78, 5) is 6.52. The molecule has 1 saturated heterocycles. The van der Waals surface area contributed by atoms with Crippen molar-refractivity contribution in [3.63, 3.8) is 0 Å². The molecule has 1 aliphatic rings. The van der Waals surface area contributed by atoms with E-state index in [0.717, 1.165) is 30.7 Å². The number of aromatic nitrogens is 3. The van der Waals surface area contributed by atoms with Crippen LogP contribution in [0.4, 0.5) is 5.82 Å². The van der Waals surface area contributed by atoms with Gasteiger partial charge >= 0.3 is 0 Å². The van der Waals surface area contributed by atoms with Crippen LogP contribution < -0.4 is 4.90 Å². The van der Waals surface area contributed by atoms with Crippen molar-refractivity contribution in [1.29, 1.82) is 0 Å². The van der Waals surface area contributed by atoms with Gasteiger partial charge in [-0.05, 0) is 18.9 Å². The maximum Gasteiger partial charge on any atom is 0.154 e. The molecule has 1 atom stereocenters. The summed E-state index contributed by atoms with van der Waals surface area (Å²) >= 11 is 0. The number of hydrogen-bond acceptors (Lipinski definition) is 4. The largest absolute Gasteiger partial charge is 0.391 e. The zero-order valence-corrected chi connectivity index (χ0v) is 8.95. The van der Waals surface area contributed by atoms with Crippen LogP contribution in [-0.4, -0.2) is 38.9 Å². The number of fused-ring (bicyclic) bond motifs is 1. The van der Waals surface area contributed by atoms with Gasteiger partial charge in [0.25, 0.3) is 0 Å². The molecular weight excluding hydrogens is 204 g/mol. The van der Waals surface area contributed by atoms with E-state index in [2.05, 4.69) is 15.0 Å². The first-order valence-electron chi connectivity index (χ1n) is 5.56. The molecule has 1 aliphatic heterocycles. The fourth-order valence-electron chi connectivity index (χ4n) is 2.23. The third kappa shape index (κ3) is 1.53. The van der Waals surface area contributed by atoms with Crippen LogP contribution in [-0.2, 0) is 0 Å². The summed E-state index contributed by atoms with van der Waals surface area (Å²) in [5.74, 6) is 0.916. The Hall–Kier alpha value is -1.62. The Balaban J connectivity index is 2.01. The van der Waals surface area contributed by atoms with Gasteiger partial charge in [-0.3, -0.25) is 0 Å².